The third-order valence-electron chi connectivity index (χ3n) is 1.90. The first-order chi connectivity index (χ1) is 5.88. The summed E-state index contributed by atoms with van der Waals surface area (Å²) in [6.07, 6.45) is 4.06. The van der Waals surface area contributed by atoms with Crippen LogP contribution in [0.2, 0.25) is 0 Å². The summed E-state index contributed by atoms with van der Waals surface area (Å²) >= 11 is 0. The molecule has 1 nitrogen and oxygen atoms in total. The zero-order valence-electron chi connectivity index (χ0n) is 7.51. The molecule has 1 rings (SSSR count). The van der Waals surface area contributed by atoms with Crippen LogP contribution in [-0.4, -0.2) is 7.05 Å². The first-order valence-corrected chi connectivity index (χ1v) is 4.25. The van der Waals surface area contributed by atoms with Crippen molar-refractivity contribution in [2.24, 2.45) is 0 Å². The number of aryl methyl sites for hydroxylation is 1. The van der Waals surface area contributed by atoms with Gasteiger partial charge in [-0.2, -0.15) is 0 Å². The number of benzene rings is 1. The average Bonchev–Trinajstić information content (AvgIpc) is 2.15. The van der Waals surface area contributed by atoms with Crippen molar-refractivity contribution in [1.29, 1.82) is 0 Å². The van der Waals surface area contributed by atoms with Crippen LogP contribution in [0, 0.1) is 0 Å². The first-order valence-electron chi connectivity index (χ1n) is 4.25. The Hall–Kier alpha value is -1.24. The second-order valence-corrected chi connectivity index (χ2v) is 2.73. The molecule has 0 atom stereocenters. The lowest BCUT2D eigenvalue weighted by Gasteiger charge is -2.06. The van der Waals surface area contributed by atoms with E-state index in [2.05, 4.69) is 30.1 Å². The molecular formula is C11H15N. The minimum absolute atomic E-state index is 1.04. The fourth-order valence-corrected chi connectivity index (χ4v) is 1.24. The van der Waals surface area contributed by atoms with Crippen LogP contribution in [0.5, 0.6) is 0 Å². The second kappa shape index (κ2) is 4.60. The summed E-state index contributed by atoms with van der Waals surface area (Å²) in [6, 6.07) is 8.36. The molecule has 0 unspecified atom stereocenters. The molecule has 0 bridgehead atoms. The predicted octanol–water partition coefficient (Wildman–Crippen LogP) is 2.85. The molecular weight excluding hydrogens is 146 g/mol. The number of hydrogen-bond donors (Lipinski definition) is 1. The molecule has 0 heterocycles. The number of anilines is 1. The molecule has 1 aromatic rings. The lowest BCUT2D eigenvalue weighted by molar-refractivity contribution is 1.00. The van der Waals surface area contributed by atoms with E-state index in [0.29, 0.717) is 0 Å². The van der Waals surface area contributed by atoms with Gasteiger partial charge in [0.15, 0.2) is 0 Å². The van der Waals surface area contributed by atoms with E-state index in [1.807, 2.05) is 19.2 Å². The molecule has 64 valence electrons. The Morgan fingerprint density at radius 1 is 1.42 bits per heavy atom. The third-order valence-corrected chi connectivity index (χ3v) is 1.90. The second-order valence-electron chi connectivity index (χ2n) is 2.73. The normalized spacial score (nSPS) is 9.42. The van der Waals surface area contributed by atoms with Gasteiger partial charge < -0.3 is 5.32 Å². The third kappa shape index (κ3) is 2.12. The molecule has 12 heavy (non-hydrogen) atoms. The van der Waals surface area contributed by atoms with Gasteiger partial charge in [-0.1, -0.05) is 24.3 Å². The average molecular weight is 161 g/mol. The molecule has 0 aliphatic heterocycles. The van der Waals surface area contributed by atoms with E-state index in [0.717, 1.165) is 12.8 Å². The summed E-state index contributed by atoms with van der Waals surface area (Å²) in [6.45, 7) is 3.71. The quantitative estimate of drug-likeness (QED) is 0.669. The van der Waals surface area contributed by atoms with Gasteiger partial charge in [-0.3, -0.25) is 0 Å². The number of allylic oxidation sites excluding steroid dienone is 1. The maximum absolute atomic E-state index is 3.71. The highest BCUT2D eigenvalue weighted by atomic mass is 14.8. The molecule has 0 aliphatic rings. The SMILES string of the molecule is C=CCCc1ccccc1NC. The summed E-state index contributed by atoms with van der Waals surface area (Å²) < 4.78 is 0. The van der Waals surface area contributed by atoms with Gasteiger partial charge in [0.2, 0.25) is 0 Å². The molecule has 1 aromatic carbocycles. The van der Waals surface area contributed by atoms with E-state index in [1.54, 1.807) is 0 Å². The monoisotopic (exact) mass is 161 g/mol. The zero-order chi connectivity index (χ0) is 8.81. The van der Waals surface area contributed by atoms with Crippen molar-refractivity contribution >= 4 is 5.69 Å². The van der Waals surface area contributed by atoms with Crippen molar-refractivity contribution in [3.63, 3.8) is 0 Å². The van der Waals surface area contributed by atoms with E-state index in [9.17, 15) is 0 Å². The minimum Gasteiger partial charge on any atom is -0.388 e. The standard InChI is InChI=1S/C11H15N/c1-3-4-7-10-8-5-6-9-11(10)12-2/h3,5-6,8-9,12H,1,4,7H2,2H3. The highest BCUT2D eigenvalue weighted by molar-refractivity contribution is 5.50. The molecule has 0 spiro atoms. The van der Waals surface area contributed by atoms with Crippen LogP contribution >= 0.6 is 0 Å². The van der Waals surface area contributed by atoms with Gasteiger partial charge in [0.1, 0.15) is 0 Å². The van der Waals surface area contributed by atoms with Crippen LogP contribution in [-0.2, 0) is 6.42 Å². The van der Waals surface area contributed by atoms with Crippen molar-refractivity contribution in [3.8, 4) is 0 Å². The Labute approximate surface area is 74.1 Å². The topological polar surface area (TPSA) is 12.0 Å². The first kappa shape index (κ1) is 8.85. The van der Waals surface area contributed by atoms with Crippen LogP contribution in [0.4, 0.5) is 5.69 Å². The molecule has 0 saturated carbocycles. The highest BCUT2D eigenvalue weighted by Gasteiger charge is 1.96. The van der Waals surface area contributed by atoms with Gasteiger partial charge in [0, 0.05) is 12.7 Å². The molecule has 1 N–H and O–H groups in total. The van der Waals surface area contributed by atoms with Crippen LogP contribution < -0.4 is 5.32 Å². The largest absolute Gasteiger partial charge is 0.388 e. The van der Waals surface area contributed by atoms with Crippen LogP contribution in [0.1, 0.15) is 12.0 Å². The van der Waals surface area contributed by atoms with E-state index < -0.39 is 0 Å². The summed E-state index contributed by atoms with van der Waals surface area (Å²) in [5.74, 6) is 0. The summed E-state index contributed by atoms with van der Waals surface area (Å²) in [4.78, 5) is 0. The Morgan fingerprint density at radius 3 is 2.83 bits per heavy atom. The van der Waals surface area contributed by atoms with Gasteiger partial charge in [0.25, 0.3) is 0 Å². The molecule has 1 heteroatoms. The Balaban J connectivity index is 2.74. The Morgan fingerprint density at radius 2 is 2.17 bits per heavy atom. The van der Waals surface area contributed by atoms with Crippen molar-refractivity contribution < 1.29 is 0 Å². The van der Waals surface area contributed by atoms with E-state index in [-0.39, 0.29) is 0 Å². The maximum atomic E-state index is 3.71. The molecule has 0 radical (unpaired) electrons. The summed E-state index contributed by atoms with van der Waals surface area (Å²) in [7, 11) is 1.95. The summed E-state index contributed by atoms with van der Waals surface area (Å²) in [5, 5.41) is 3.17. The van der Waals surface area contributed by atoms with Crippen LogP contribution in [0.25, 0.3) is 0 Å². The maximum Gasteiger partial charge on any atom is 0.0370 e. The van der Waals surface area contributed by atoms with Crippen molar-refractivity contribution in [2.45, 2.75) is 12.8 Å². The van der Waals surface area contributed by atoms with Gasteiger partial charge in [-0.05, 0) is 24.5 Å². The highest BCUT2D eigenvalue weighted by Crippen LogP contribution is 2.15. The number of para-hydroxylation sites is 1. The van der Waals surface area contributed by atoms with E-state index in [4.69, 9.17) is 0 Å². The number of nitrogens with one attached hydrogen (secondary N) is 1. The number of rotatable bonds is 4. The lowest BCUT2D eigenvalue weighted by atomic mass is 10.1. The zero-order valence-corrected chi connectivity index (χ0v) is 7.51. The Bertz CT molecular complexity index is 253. The van der Waals surface area contributed by atoms with Gasteiger partial charge in [0.05, 0.1) is 0 Å². The lowest BCUT2D eigenvalue weighted by Crippen LogP contribution is -1.94. The van der Waals surface area contributed by atoms with Crippen molar-refractivity contribution in [2.75, 3.05) is 12.4 Å². The van der Waals surface area contributed by atoms with E-state index >= 15 is 0 Å². The summed E-state index contributed by atoms with van der Waals surface area (Å²) in [5.41, 5.74) is 2.58. The molecule has 0 amide bonds. The predicted molar refractivity (Wildman–Crippen MR) is 54.5 cm³/mol. The van der Waals surface area contributed by atoms with Crippen LogP contribution in [0.15, 0.2) is 36.9 Å². The van der Waals surface area contributed by atoms with Gasteiger partial charge in [-0.25, -0.2) is 0 Å². The minimum atomic E-state index is 1.04. The number of hydrogen-bond acceptors (Lipinski definition) is 1. The van der Waals surface area contributed by atoms with Crippen LogP contribution in [0.3, 0.4) is 0 Å². The van der Waals surface area contributed by atoms with Crippen molar-refractivity contribution in [1.82, 2.24) is 0 Å². The van der Waals surface area contributed by atoms with Crippen molar-refractivity contribution in [3.05, 3.63) is 42.5 Å². The molecule has 0 aliphatic carbocycles. The van der Waals surface area contributed by atoms with Gasteiger partial charge >= 0.3 is 0 Å². The Kier molecular flexibility index (Phi) is 3.39. The molecule has 0 aromatic heterocycles. The molecule has 0 saturated heterocycles. The van der Waals surface area contributed by atoms with E-state index in [1.165, 1.54) is 11.3 Å². The fourth-order valence-electron chi connectivity index (χ4n) is 1.24. The van der Waals surface area contributed by atoms with Gasteiger partial charge in [-0.15, -0.1) is 6.58 Å². The smallest absolute Gasteiger partial charge is 0.0370 e. The fraction of sp³-hybridized carbons (Fsp3) is 0.273. The molecule has 0 fully saturated rings.